The van der Waals surface area contributed by atoms with Crippen molar-refractivity contribution in [3.63, 3.8) is 0 Å². The minimum atomic E-state index is -0.184. The molecule has 1 amide bonds. The number of anilines is 1. The van der Waals surface area contributed by atoms with Crippen molar-refractivity contribution in [2.75, 3.05) is 11.1 Å². The average Bonchev–Trinajstić information content (AvgIpc) is 3.14. The molecule has 158 valence electrons. The summed E-state index contributed by atoms with van der Waals surface area (Å²) in [6.07, 6.45) is 0. The van der Waals surface area contributed by atoms with E-state index in [0.717, 1.165) is 11.4 Å². The third-order valence-corrected chi connectivity index (χ3v) is 5.90. The number of thioether (sulfide) groups is 1. The molecule has 6 nitrogen and oxygen atoms in total. The van der Waals surface area contributed by atoms with Gasteiger partial charge in [0.05, 0.1) is 17.0 Å². The number of carbonyl (C=O) groups is 1. The fourth-order valence-corrected chi connectivity index (χ4v) is 4.17. The maximum absolute atomic E-state index is 13.2. The Hall–Kier alpha value is -3.32. The molecule has 4 aromatic rings. The molecule has 2 N–H and O–H groups in total. The number of aryl methyl sites for hydroxylation is 1. The number of aromatic amines is 1. The molecule has 0 fully saturated rings. The molecule has 0 aliphatic heterocycles. The van der Waals surface area contributed by atoms with Crippen molar-refractivity contribution >= 4 is 34.4 Å². The van der Waals surface area contributed by atoms with Gasteiger partial charge in [-0.2, -0.15) is 0 Å². The smallest absolute Gasteiger partial charge is 0.283 e. The van der Waals surface area contributed by atoms with Crippen LogP contribution in [0.2, 0.25) is 0 Å². The zero-order chi connectivity index (χ0) is 22.0. The summed E-state index contributed by atoms with van der Waals surface area (Å²) in [4.78, 5) is 33.5. The number of carbonyl (C=O) groups excluding carboxylic acids is 1. The van der Waals surface area contributed by atoms with Crippen LogP contribution in [0.25, 0.3) is 16.7 Å². The summed E-state index contributed by atoms with van der Waals surface area (Å²) in [5, 5.41) is 3.39. The van der Waals surface area contributed by atoms with Gasteiger partial charge in [0, 0.05) is 11.4 Å². The first-order chi connectivity index (χ1) is 14.9. The number of benzene rings is 2. The molecule has 2 heterocycles. The molecule has 0 spiro atoms. The summed E-state index contributed by atoms with van der Waals surface area (Å²) in [6, 6.07) is 19.0. The summed E-state index contributed by atoms with van der Waals surface area (Å²) in [5.41, 5.74) is 4.42. The number of nitrogens with zero attached hydrogens (tertiary/aromatic N) is 2. The first kappa shape index (κ1) is 20.9. The second-order valence-electron chi connectivity index (χ2n) is 7.70. The standard InChI is InChI=1S/C24H24N4O2S/c1-15(2)17-9-11-18(12-10-17)26-21(29)14-31-24-27-20-13-16(3)25-22(20)23(30)28(24)19-7-5-4-6-8-19/h4-13,15,25H,14H2,1-3H3,(H,26,29). The summed E-state index contributed by atoms with van der Waals surface area (Å²) in [5.74, 6) is 0.426. The molecular weight excluding hydrogens is 408 g/mol. The van der Waals surface area contributed by atoms with E-state index in [-0.39, 0.29) is 17.2 Å². The van der Waals surface area contributed by atoms with Crippen molar-refractivity contribution in [1.82, 2.24) is 14.5 Å². The first-order valence-corrected chi connectivity index (χ1v) is 11.1. The number of para-hydroxylation sites is 1. The fourth-order valence-electron chi connectivity index (χ4n) is 3.36. The lowest BCUT2D eigenvalue weighted by molar-refractivity contribution is -0.113. The molecule has 0 saturated carbocycles. The van der Waals surface area contributed by atoms with Gasteiger partial charge in [-0.15, -0.1) is 0 Å². The Morgan fingerprint density at radius 3 is 2.52 bits per heavy atom. The van der Waals surface area contributed by atoms with Crippen LogP contribution in [0.4, 0.5) is 5.69 Å². The van der Waals surface area contributed by atoms with E-state index < -0.39 is 0 Å². The number of fused-ring (bicyclic) bond motifs is 1. The van der Waals surface area contributed by atoms with Gasteiger partial charge in [-0.05, 0) is 48.7 Å². The highest BCUT2D eigenvalue weighted by molar-refractivity contribution is 7.99. The molecule has 0 aliphatic rings. The Bertz CT molecular complexity index is 1270. The Balaban J connectivity index is 1.59. The van der Waals surface area contributed by atoms with Gasteiger partial charge >= 0.3 is 0 Å². The van der Waals surface area contributed by atoms with Gasteiger partial charge in [-0.25, -0.2) is 4.98 Å². The van der Waals surface area contributed by atoms with E-state index >= 15 is 0 Å². The number of hydrogen-bond acceptors (Lipinski definition) is 4. The molecule has 0 bridgehead atoms. The van der Waals surface area contributed by atoms with Gasteiger partial charge < -0.3 is 10.3 Å². The van der Waals surface area contributed by atoms with Gasteiger partial charge in [-0.1, -0.05) is 55.9 Å². The van der Waals surface area contributed by atoms with Gasteiger partial charge in [-0.3, -0.25) is 14.2 Å². The Labute approximate surface area is 184 Å². The topological polar surface area (TPSA) is 79.8 Å². The van der Waals surface area contributed by atoms with E-state index in [2.05, 4.69) is 29.1 Å². The van der Waals surface area contributed by atoms with Crippen LogP contribution in [0, 0.1) is 6.92 Å². The molecule has 4 rings (SSSR count). The van der Waals surface area contributed by atoms with Crippen LogP contribution in [0.3, 0.4) is 0 Å². The molecule has 0 unspecified atom stereocenters. The van der Waals surface area contributed by atoms with Crippen molar-refractivity contribution in [2.45, 2.75) is 31.8 Å². The van der Waals surface area contributed by atoms with Crippen LogP contribution in [0.5, 0.6) is 0 Å². The first-order valence-electron chi connectivity index (χ1n) is 10.1. The highest BCUT2D eigenvalue weighted by atomic mass is 32.2. The minimum absolute atomic E-state index is 0.139. The van der Waals surface area contributed by atoms with Gasteiger partial charge in [0.2, 0.25) is 5.91 Å². The highest BCUT2D eigenvalue weighted by Crippen LogP contribution is 2.22. The molecule has 7 heteroatoms. The second kappa shape index (κ2) is 8.81. The molecule has 2 aromatic carbocycles. The Kier molecular flexibility index (Phi) is 5.95. The van der Waals surface area contributed by atoms with Crippen LogP contribution >= 0.6 is 11.8 Å². The van der Waals surface area contributed by atoms with Crippen molar-refractivity contribution in [3.8, 4) is 5.69 Å². The maximum atomic E-state index is 13.2. The van der Waals surface area contributed by atoms with Crippen LogP contribution < -0.4 is 10.9 Å². The van der Waals surface area contributed by atoms with Crippen LogP contribution in [0.1, 0.15) is 31.0 Å². The summed E-state index contributed by atoms with van der Waals surface area (Å²) >= 11 is 1.24. The highest BCUT2D eigenvalue weighted by Gasteiger charge is 2.16. The molecule has 0 radical (unpaired) electrons. The molecule has 31 heavy (non-hydrogen) atoms. The monoisotopic (exact) mass is 432 g/mol. The fraction of sp³-hybridized carbons (Fsp3) is 0.208. The van der Waals surface area contributed by atoms with Crippen molar-refractivity contribution in [1.29, 1.82) is 0 Å². The van der Waals surface area contributed by atoms with E-state index in [1.807, 2.05) is 67.6 Å². The zero-order valence-corrected chi connectivity index (χ0v) is 18.5. The van der Waals surface area contributed by atoms with E-state index in [9.17, 15) is 9.59 Å². The van der Waals surface area contributed by atoms with E-state index in [1.165, 1.54) is 17.3 Å². The molecule has 2 aromatic heterocycles. The Morgan fingerprint density at radius 1 is 1.13 bits per heavy atom. The van der Waals surface area contributed by atoms with Crippen LogP contribution in [-0.2, 0) is 4.79 Å². The number of rotatable bonds is 6. The average molecular weight is 433 g/mol. The molecule has 0 saturated heterocycles. The quantitative estimate of drug-likeness (QED) is 0.336. The van der Waals surface area contributed by atoms with Crippen molar-refractivity contribution in [3.05, 3.63) is 82.3 Å². The van der Waals surface area contributed by atoms with Gasteiger partial charge in [0.15, 0.2) is 5.16 Å². The van der Waals surface area contributed by atoms with E-state index in [4.69, 9.17) is 0 Å². The largest absolute Gasteiger partial charge is 0.353 e. The predicted octanol–water partition coefficient (Wildman–Crippen LogP) is 4.88. The summed E-state index contributed by atoms with van der Waals surface area (Å²) in [7, 11) is 0. The zero-order valence-electron chi connectivity index (χ0n) is 17.7. The third-order valence-electron chi connectivity index (χ3n) is 4.96. The molecular formula is C24H24N4O2S. The number of nitrogens with one attached hydrogen (secondary N) is 2. The van der Waals surface area contributed by atoms with Gasteiger partial charge in [0.25, 0.3) is 5.56 Å². The third kappa shape index (κ3) is 4.56. The van der Waals surface area contributed by atoms with Crippen LogP contribution in [0.15, 0.2) is 70.6 Å². The van der Waals surface area contributed by atoms with E-state index in [1.54, 1.807) is 4.57 Å². The van der Waals surface area contributed by atoms with E-state index in [0.29, 0.717) is 27.8 Å². The lowest BCUT2D eigenvalue weighted by atomic mass is 10.0. The minimum Gasteiger partial charge on any atom is -0.353 e. The summed E-state index contributed by atoms with van der Waals surface area (Å²) < 4.78 is 1.55. The number of hydrogen-bond donors (Lipinski definition) is 2. The van der Waals surface area contributed by atoms with Crippen LogP contribution in [-0.4, -0.2) is 26.2 Å². The Morgan fingerprint density at radius 2 is 1.84 bits per heavy atom. The number of H-pyrrole nitrogens is 1. The van der Waals surface area contributed by atoms with Gasteiger partial charge in [0.1, 0.15) is 5.52 Å². The molecule has 0 atom stereocenters. The number of amides is 1. The predicted molar refractivity (Wildman–Crippen MR) is 126 cm³/mol. The number of aromatic nitrogens is 3. The van der Waals surface area contributed by atoms with Crippen molar-refractivity contribution in [2.24, 2.45) is 0 Å². The normalized spacial score (nSPS) is 11.2. The summed E-state index contributed by atoms with van der Waals surface area (Å²) in [6.45, 7) is 6.15. The second-order valence-corrected chi connectivity index (χ2v) is 8.64. The maximum Gasteiger partial charge on any atom is 0.283 e. The molecule has 0 aliphatic carbocycles. The lowest BCUT2D eigenvalue weighted by Gasteiger charge is -2.12. The lowest BCUT2D eigenvalue weighted by Crippen LogP contribution is -2.23. The SMILES string of the molecule is Cc1cc2nc(SCC(=O)Nc3ccc(C(C)C)cc3)n(-c3ccccc3)c(=O)c2[nH]1. The van der Waals surface area contributed by atoms with Crippen molar-refractivity contribution < 1.29 is 4.79 Å².